The number of halogens is 1. The normalized spacial score (nSPS) is 20.7. The van der Waals surface area contributed by atoms with Gasteiger partial charge in [-0.2, -0.15) is 5.10 Å². The predicted octanol–water partition coefficient (Wildman–Crippen LogP) is 4.24. The topological polar surface area (TPSA) is 21.1 Å². The average Bonchev–Trinajstić information content (AvgIpc) is 2.89. The molecule has 2 heterocycles. The van der Waals surface area contributed by atoms with Gasteiger partial charge in [-0.3, -0.25) is 9.58 Å². The summed E-state index contributed by atoms with van der Waals surface area (Å²) in [6.07, 6.45) is 8.52. The van der Waals surface area contributed by atoms with Crippen molar-refractivity contribution in [3.63, 3.8) is 0 Å². The van der Waals surface area contributed by atoms with Crippen LogP contribution in [0, 0.1) is 5.92 Å². The molecule has 0 saturated carbocycles. The Bertz CT molecular complexity index is 385. The van der Waals surface area contributed by atoms with Crippen molar-refractivity contribution in [2.45, 2.75) is 58.5 Å². The van der Waals surface area contributed by atoms with Gasteiger partial charge >= 0.3 is 0 Å². The summed E-state index contributed by atoms with van der Waals surface area (Å²) < 4.78 is 2.16. The molecule has 1 fully saturated rings. The molecule has 114 valence electrons. The highest BCUT2D eigenvalue weighted by atomic mass is 79.9. The number of alkyl halides is 1. The second-order valence-electron chi connectivity index (χ2n) is 5.98. The van der Waals surface area contributed by atoms with E-state index in [2.05, 4.69) is 51.6 Å². The van der Waals surface area contributed by atoms with Crippen molar-refractivity contribution >= 4 is 15.9 Å². The zero-order valence-corrected chi connectivity index (χ0v) is 14.5. The number of nitrogens with zero attached hydrogens (tertiary/aromatic N) is 3. The van der Waals surface area contributed by atoms with Crippen molar-refractivity contribution in [3.05, 3.63) is 18.0 Å². The average molecular weight is 342 g/mol. The SMILES string of the molecule is CCC(CC)n1ccc(CN2CCCC(CCBr)C2)n1. The third-order valence-corrected chi connectivity index (χ3v) is 4.94. The molecule has 1 aromatic rings. The molecule has 0 spiro atoms. The summed E-state index contributed by atoms with van der Waals surface area (Å²) in [6, 6.07) is 2.76. The molecule has 0 aromatic carbocycles. The second-order valence-corrected chi connectivity index (χ2v) is 6.77. The minimum Gasteiger partial charge on any atom is -0.297 e. The van der Waals surface area contributed by atoms with Crippen molar-refractivity contribution in [2.75, 3.05) is 18.4 Å². The highest BCUT2D eigenvalue weighted by Crippen LogP contribution is 2.22. The molecule has 1 atom stereocenters. The lowest BCUT2D eigenvalue weighted by Crippen LogP contribution is -2.35. The van der Waals surface area contributed by atoms with Crippen molar-refractivity contribution < 1.29 is 0 Å². The summed E-state index contributed by atoms with van der Waals surface area (Å²) in [6.45, 7) is 7.97. The molecule has 20 heavy (non-hydrogen) atoms. The Labute approximate surface area is 131 Å². The van der Waals surface area contributed by atoms with Gasteiger partial charge in [0, 0.05) is 24.6 Å². The van der Waals surface area contributed by atoms with E-state index in [1.807, 2.05) is 0 Å². The third-order valence-electron chi connectivity index (χ3n) is 4.49. The van der Waals surface area contributed by atoms with E-state index in [0.717, 1.165) is 30.6 Å². The van der Waals surface area contributed by atoms with Crippen LogP contribution < -0.4 is 0 Å². The molecule has 1 saturated heterocycles. The Kier molecular flexibility index (Phi) is 6.56. The quantitative estimate of drug-likeness (QED) is 0.691. The molecule has 0 aliphatic carbocycles. The largest absolute Gasteiger partial charge is 0.297 e. The van der Waals surface area contributed by atoms with Crippen LogP contribution in [0.2, 0.25) is 0 Å². The first-order chi connectivity index (χ1) is 9.76. The fourth-order valence-electron chi connectivity index (χ4n) is 3.24. The number of hydrogen-bond donors (Lipinski definition) is 0. The molecule has 1 aromatic heterocycles. The van der Waals surface area contributed by atoms with E-state index in [0.29, 0.717) is 6.04 Å². The van der Waals surface area contributed by atoms with E-state index >= 15 is 0 Å². The standard InChI is InChI=1S/C16H28BrN3/c1-3-16(4-2)20-11-8-15(18-20)13-19-10-5-6-14(12-19)7-9-17/h8,11,14,16H,3-7,9-10,12-13H2,1-2H3. The Hall–Kier alpha value is -0.350. The molecular weight excluding hydrogens is 314 g/mol. The molecule has 3 nitrogen and oxygen atoms in total. The molecule has 1 aliphatic heterocycles. The van der Waals surface area contributed by atoms with Crippen LogP contribution in [0.25, 0.3) is 0 Å². The first kappa shape index (κ1) is 16.0. The van der Waals surface area contributed by atoms with E-state index in [1.54, 1.807) is 0 Å². The molecule has 4 heteroatoms. The van der Waals surface area contributed by atoms with Gasteiger partial charge in [0.25, 0.3) is 0 Å². The molecule has 1 aliphatic rings. The van der Waals surface area contributed by atoms with E-state index in [1.165, 1.54) is 38.0 Å². The van der Waals surface area contributed by atoms with Crippen molar-refractivity contribution in [1.82, 2.24) is 14.7 Å². The van der Waals surface area contributed by atoms with Crippen molar-refractivity contribution in [1.29, 1.82) is 0 Å². The lowest BCUT2D eigenvalue weighted by atomic mass is 9.95. The minimum absolute atomic E-state index is 0.561. The number of likely N-dealkylation sites (tertiary alicyclic amines) is 1. The molecule has 1 unspecified atom stereocenters. The maximum Gasteiger partial charge on any atom is 0.0764 e. The third kappa shape index (κ3) is 4.32. The predicted molar refractivity (Wildman–Crippen MR) is 88.3 cm³/mol. The van der Waals surface area contributed by atoms with E-state index in [4.69, 9.17) is 5.10 Å². The molecule has 0 N–H and O–H groups in total. The maximum absolute atomic E-state index is 4.78. The lowest BCUT2D eigenvalue weighted by molar-refractivity contribution is 0.163. The molecular formula is C16H28BrN3. The summed E-state index contributed by atoms with van der Waals surface area (Å²) in [5.41, 5.74) is 1.23. The van der Waals surface area contributed by atoms with Gasteiger partial charge in [-0.05, 0) is 50.6 Å². The van der Waals surface area contributed by atoms with Crippen LogP contribution in [0.4, 0.5) is 0 Å². The first-order valence-corrected chi connectivity index (χ1v) is 9.21. The fourth-order valence-corrected chi connectivity index (χ4v) is 3.89. The van der Waals surface area contributed by atoms with Crippen LogP contribution >= 0.6 is 15.9 Å². The highest BCUT2D eigenvalue weighted by Gasteiger charge is 2.20. The Balaban J connectivity index is 1.89. The van der Waals surface area contributed by atoms with Crippen LogP contribution in [0.5, 0.6) is 0 Å². The Morgan fingerprint density at radius 3 is 2.90 bits per heavy atom. The summed E-state index contributed by atoms with van der Waals surface area (Å²) in [5.74, 6) is 0.865. The lowest BCUT2D eigenvalue weighted by Gasteiger charge is -2.32. The van der Waals surface area contributed by atoms with E-state index in [-0.39, 0.29) is 0 Å². The summed E-state index contributed by atoms with van der Waals surface area (Å²) in [4.78, 5) is 2.58. The van der Waals surface area contributed by atoms with Gasteiger partial charge in [-0.25, -0.2) is 0 Å². The molecule has 2 rings (SSSR count). The van der Waals surface area contributed by atoms with Gasteiger partial charge in [-0.15, -0.1) is 0 Å². The summed E-state index contributed by atoms with van der Waals surface area (Å²) in [5, 5.41) is 5.92. The van der Waals surface area contributed by atoms with Gasteiger partial charge < -0.3 is 0 Å². The smallest absolute Gasteiger partial charge is 0.0764 e. The Morgan fingerprint density at radius 1 is 1.40 bits per heavy atom. The second kappa shape index (κ2) is 8.18. The summed E-state index contributed by atoms with van der Waals surface area (Å²) in [7, 11) is 0. The zero-order chi connectivity index (χ0) is 14.4. The number of aromatic nitrogens is 2. The van der Waals surface area contributed by atoms with Crippen LogP contribution in [0.15, 0.2) is 12.3 Å². The summed E-state index contributed by atoms with van der Waals surface area (Å²) >= 11 is 3.57. The minimum atomic E-state index is 0.561. The van der Waals surface area contributed by atoms with Crippen molar-refractivity contribution in [3.8, 4) is 0 Å². The van der Waals surface area contributed by atoms with Gasteiger partial charge in [0.05, 0.1) is 11.7 Å². The maximum atomic E-state index is 4.78. The van der Waals surface area contributed by atoms with Crippen LogP contribution in [0.3, 0.4) is 0 Å². The van der Waals surface area contributed by atoms with Crippen LogP contribution in [-0.2, 0) is 6.54 Å². The molecule has 0 bridgehead atoms. The van der Waals surface area contributed by atoms with E-state index in [9.17, 15) is 0 Å². The molecule has 0 radical (unpaired) electrons. The van der Waals surface area contributed by atoms with Crippen molar-refractivity contribution in [2.24, 2.45) is 5.92 Å². The fraction of sp³-hybridized carbons (Fsp3) is 0.812. The van der Waals surface area contributed by atoms with Gasteiger partial charge in [0.15, 0.2) is 0 Å². The monoisotopic (exact) mass is 341 g/mol. The zero-order valence-electron chi connectivity index (χ0n) is 12.9. The number of hydrogen-bond acceptors (Lipinski definition) is 2. The van der Waals surface area contributed by atoms with E-state index < -0.39 is 0 Å². The van der Waals surface area contributed by atoms with Gasteiger partial charge in [0.2, 0.25) is 0 Å². The van der Waals surface area contributed by atoms with Gasteiger partial charge in [0.1, 0.15) is 0 Å². The van der Waals surface area contributed by atoms with Crippen LogP contribution in [0.1, 0.15) is 57.7 Å². The first-order valence-electron chi connectivity index (χ1n) is 8.09. The number of piperidine rings is 1. The van der Waals surface area contributed by atoms with Gasteiger partial charge in [-0.1, -0.05) is 29.8 Å². The highest BCUT2D eigenvalue weighted by molar-refractivity contribution is 9.09. The van der Waals surface area contributed by atoms with Crippen LogP contribution in [-0.4, -0.2) is 33.1 Å². The molecule has 0 amide bonds. The Morgan fingerprint density at radius 2 is 2.20 bits per heavy atom. The number of rotatable bonds is 7.